The van der Waals surface area contributed by atoms with Crippen LogP contribution in [0.1, 0.15) is 20.8 Å². The Morgan fingerprint density at radius 2 is 2.25 bits per heavy atom. The van der Waals surface area contributed by atoms with Crippen molar-refractivity contribution < 1.29 is 4.79 Å². The van der Waals surface area contributed by atoms with Gasteiger partial charge in [0.1, 0.15) is 5.84 Å². The number of halogens is 1. The summed E-state index contributed by atoms with van der Waals surface area (Å²) < 4.78 is 3.40. The minimum Gasteiger partial charge on any atom is -0.312 e. The number of rotatable bonds is 1. The molecule has 0 aromatic carbocycles. The minimum atomic E-state index is -0.195. The van der Waals surface area contributed by atoms with Gasteiger partial charge >= 0.3 is 0 Å². The molecule has 0 radical (unpaired) electrons. The SMILES string of the molecule is CC#CC(C)C(=NCl)NC(C)=O. The largest absolute Gasteiger partial charge is 0.312 e. The summed E-state index contributed by atoms with van der Waals surface area (Å²) in [6, 6.07) is 0. The number of carbonyl (C=O) groups is 1. The van der Waals surface area contributed by atoms with Crippen LogP contribution in [-0.4, -0.2) is 11.7 Å². The Morgan fingerprint density at radius 1 is 1.67 bits per heavy atom. The second kappa shape index (κ2) is 5.62. The van der Waals surface area contributed by atoms with Gasteiger partial charge in [0.05, 0.1) is 5.92 Å². The van der Waals surface area contributed by atoms with Crippen LogP contribution in [0.25, 0.3) is 0 Å². The molecule has 1 atom stereocenters. The highest BCUT2D eigenvalue weighted by Gasteiger charge is 2.08. The molecule has 0 heterocycles. The second-order valence-corrected chi connectivity index (χ2v) is 2.44. The molecule has 12 heavy (non-hydrogen) atoms. The van der Waals surface area contributed by atoms with Gasteiger partial charge in [-0.3, -0.25) is 4.79 Å². The molecule has 0 aromatic rings. The van der Waals surface area contributed by atoms with Crippen LogP contribution in [-0.2, 0) is 4.79 Å². The first-order valence-corrected chi connectivity index (χ1v) is 3.84. The molecule has 1 unspecified atom stereocenters. The third-order valence-corrected chi connectivity index (χ3v) is 1.35. The monoisotopic (exact) mass is 186 g/mol. The Bertz CT molecular complexity index is 250. The Hall–Kier alpha value is -1.01. The van der Waals surface area contributed by atoms with Gasteiger partial charge in [-0.15, -0.1) is 5.92 Å². The van der Waals surface area contributed by atoms with Crippen LogP contribution in [0.3, 0.4) is 0 Å². The van der Waals surface area contributed by atoms with Crippen molar-refractivity contribution in [3.8, 4) is 11.8 Å². The van der Waals surface area contributed by atoms with E-state index < -0.39 is 0 Å². The summed E-state index contributed by atoms with van der Waals surface area (Å²) in [6.45, 7) is 4.93. The van der Waals surface area contributed by atoms with Gasteiger partial charge in [0.15, 0.2) is 0 Å². The molecule has 0 bridgehead atoms. The van der Waals surface area contributed by atoms with Gasteiger partial charge < -0.3 is 5.32 Å². The van der Waals surface area contributed by atoms with Crippen molar-refractivity contribution in [2.75, 3.05) is 0 Å². The van der Waals surface area contributed by atoms with Gasteiger partial charge in [0.25, 0.3) is 0 Å². The molecule has 66 valence electrons. The third-order valence-electron chi connectivity index (χ3n) is 1.17. The molecule has 0 aliphatic rings. The van der Waals surface area contributed by atoms with E-state index in [0.717, 1.165) is 0 Å². The van der Waals surface area contributed by atoms with Crippen molar-refractivity contribution in [2.45, 2.75) is 20.8 Å². The molecule has 0 aliphatic heterocycles. The van der Waals surface area contributed by atoms with Gasteiger partial charge in [0, 0.05) is 18.7 Å². The summed E-state index contributed by atoms with van der Waals surface area (Å²) in [5.74, 6) is 5.59. The Labute approximate surface area is 77.3 Å². The zero-order chi connectivity index (χ0) is 9.56. The summed E-state index contributed by atoms with van der Waals surface area (Å²) in [4.78, 5) is 10.6. The smallest absolute Gasteiger partial charge is 0.222 e. The number of nitrogens with zero attached hydrogens (tertiary/aromatic N) is 1. The van der Waals surface area contributed by atoms with Crippen LogP contribution in [0.15, 0.2) is 4.51 Å². The molecular formula is C8H11ClN2O. The maximum Gasteiger partial charge on any atom is 0.222 e. The van der Waals surface area contributed by atoms with Crippen LogP contribution < -0.4 is 5.32 Å². The maximum atomic E-state index is 10.6. The van der Waals surface area contributed by atoms with Crippen molar-refractivity contribution >= 4 is 23.5 Å². The van der Waals surface area contributed by atoms with Crippen LogP contribution in [0.2, 0.25) is 0 Å². The lowest BCUT2D eigenvalue weighted by Gasteiger charge is -2.06. The molecule has 0 fully saturated rings. The lowest BCUT2D eigenvalue weighted by Crippen LogP contribution is -2.32. The van der Waals surface area contributed by atoms with E-state index in [-0.39, 0.29) is 11.8 Å². The number of amides is 1. The number of carbonyl (C=O) groups excluding carboxylic acids is 1. The molecule has 0 saturated heterocycles. The van der Waals surface area contributed by atoms with Crippen molar-refractivity contribution in [1.29, 1.82) is 0 Å². The zero-order valence-corrected chi connectivity index (χ0v) is 8.07. The van der Waals surface area contributed by atoms with E-state index in [0.29, 0.717) is 5.84 Å². The summed E-state index contributed by atoms with van der Waals surface area (Å²) in [5.41, 5.74) is 0. The van der Waals surface area contributed by atoms with E-state index >= 15 is 0 Å². The molecule has 4 heteroatoms. The highest BCUT2D eigenvalue weighted by Crippen LogP contribution is 1.96. The molecule has 0 spiro atoms. The lowest BCUT2D eigenvalue weighted by molar-refractivity contribution is -0.117. The van der Waals surface area contributed by atoms with Crippen molar-refractivity contribution in [1.82, 2.24) is 5.32 Å². The van der Waals surface area contributed by atoms with Gasteiger partial charge in [0.2, 0.25) is 5.91 Å². The van der Waals surface area contributed by atoms with Crippen LogP contribution in [0.4, 0.5) is 0 Å². The Morgan fingerprint density at radius 3 is 2.58 bits per heavy atom. The van der Waals surface area contributed by atoms with E-state index in [1.807, 2.05) is 6.92 Å². The van der Waals surface area contributed by atoms with E-state index in [1.165, 1.54) is 6.92 Å². The van der Waals surface area contributed by atoms with E-state index in [2.05, 4.69) is 21.7 Å². The van der Waals surface area contributed by atoms with Gasteiger partial charge in [-0.1, -0.05) is 5.92 Å². The summed E-state index contributed by atoms with van der Waals surface area (Å²) >= 11 is 5.25. The van der Waals surface area contributed by atoms with Gasteiger partial charge in [-0.25, -0.2) is 0 Å². The lowest BCUT2D eigenvalue weighted by atomic mass is 10.1. The quantitative estimate of drug-likeness (QED) is 0.375. The predicted molar refractivity (Wildman–Crippen MR) is 49.7 cm³/mol. The third kappa shape index (κ3) is 3.99. The molecule has 0 saturated carbocycles. The summed E-state index contributed by atoms with van der Waals surface area (Å²) in [7, 11) is 0. The molecule has 1 amide bonds. The van der Waals surface area contributed by atoms with Crippen molar-refractivity contribution in [2.24, 2.45) is 10.4 Å². The first-order valence-electron chi connectivity index (χ1n) is 3.50. The standard InChI is InChI=1S/C8H11ClN2O/c1-4-5-6(2)8(11-9)10-7(3)12/h6H,1-3H3,(H,10,11,12). The fourth-order valence-corrected chi connectivity index (χ4v) is 0.856. The number of amidine groups is 1. The molecule has 0 aromatic heterocycles. The fraction of sp³-hybridized carbons (Fsp3) is 0.500. The maximum absolute atomic E-state index is 10.6. The van der Waals surface area contributed by atoms with E-state index in [1.54, 1.807) is 6.92 Å². The Kier molecular flexibility index (Phi) is 5.14. The normalized spacial score (nSPS) is 12.8. The van der Waals surface area contributed by atoms with Crippen LogP contribution >= 0.6 is 11.8 Å². The van der Waals surface area contributed by atoms with Crippen LogP contribution in [0.5, 0.6) is 0 Å². The molecule has 0 aliphatic carbocycles. The molecular weight excluding hydrogens is 176 g/mol. The molecule has 1 N–H and O–H groups in total. The van der Waals surface area contributed by atoms with Crippen molar-refractivity contribution in [3.05, 3.63) is 0 Å². The fourth-order valence-electron chi connectivity index (χ4n) is 0.668. The average molecular weight is 187 g/mol. The number of hydrogen-bond donors (Lipinski definition) is 1. The first-order chi connectivity index (χ1) is 5.61. The highest BCUT2D eigenvalue weighted by atomic mass is 35.5. The van der Waals surface area contributed by atoms with Gasteiger partial charge in [-0.2, -0.15) is 4.51 Å². The highest BCUT2D eigenvalue weighted by molar-refractivity contribution is 6.21. The summed E-state index contributed by atoms with van der Waals surface area (Å²) in [5, 5.41) is 2.49. The Balaban J connectivity index is 4.33. The van der Waals surface area contributed by atoms with Gasteiger partial charge in [-0.05, 0) is 13.8 Å². The van der Waals surface area contributed by atoms with Crippen molar-refractivity contribution in [3.63, 3.8) is 0 Å². The first kappa shape index (κ1) is 11.0. The predicted octanol–water partition coefficient (Wildman–Crippen LogP) is 1.33. The number of nitrogens with one attached hydrogen (secondary N) is 1. The average Bonchev–Trinajstić information content (AvgIpc) is 2.00. The molecule has 3 nitrogen and oxygen atoms in total. The number of hydrogen-bond acceptors (Lipinski definition) is 2. The topological polar surface area (TPSA) is 41.5 Å². The molecule has 0 rings (SSSR count). The summed E-state index contributed by atoms with van der Waals surface area (Å²) in [6.07, 6.45) is 0. The van der Waals surface area contributed by atoms with Crippen LogP contribution in [0, 0.1) is 17.8 Å². The van der Waals surface area contributed by atoms with E-state index in [4.69, 9.17) is 11.8 Å². The second-order valence-electron chi connectivity index (χ2n) is 2.27. The van der Waals surface area contributed by atoms with E-state index in [9.17, 15) is 4.79 Å². The minimum absolute atomic E-state index is 0.142. The zero-order valence-electron chi connectivity index (χ0n) is 7.31.